The van der Waals surface area contributed by atoms with Crippen LogP contribution in [0.25, 0.3) is 11.5 Å². The van der Waals surface area contributed by atoms with Crippen molar-refractivity contribution >= 4 is 5.97 Å². The zero-order valence-electron chi connectivity index (χ0n) is 11.8. The van der Waals surface area contributed by atoms with Crippen LogP contribution in [0.5, 0.6) is 0 Å². The average Bonchev–Trinajstić information content (AvgIpc) is 3.04. The first-order valence-corrected chi connectivity index (χ1v) is 6.56. The summed E-state index contributed by atoms with van der Waals surface area (Å²) in [5.74, 6) is -0.121. The summed E-state index contributed by atoms with van der Waals surface area (Å²) in [6.45, 7) is 3.71. The van der Waals surface area contributed by atoms with Crippen LogP contribution in [0.3, 0.4) is 0 Å². The molecule has 0 aliphatic heterocycles. The van der Waals surface area contributed by atoms with Crippen LogP contribution in [0, 0.1) is 5.41 Å². The van der Waals surface area contributed by atoms with Gasteiger partial charge in [0.25, 0.3) is 0 Å². The molecule has 0 unspecified atom stereocenters. The van der Waals surface area contributed by atoms with E-state index in [1.165, 1.54) is 0 Å². The van der Waals surface area contributed by atoms with Crippen LogP contribution in [-0.4, -0.2) is 31.0 Å². The summed E-state index contributed by atoms with van der Waals surface area (Å²) in [6, 6.07) is 1.78. The van der Waals surface area contributed by atoms with Gasteiger partial charge >= 0.3 is 5.97 Å². The lowest BCUT2D eigenvalue weighted by Gasteiger charge is -2.24. The number of nitrogens with zero attached hydrogens (tertiary/aromatic N) is 4. The number of aromatic nitrogens is 4. The molecule has 2 heterocycles. The zero-order chi connectivity index (χ0) is 14.8. The lowest BCUT2D eigenvalue weighted by Crippen LogP contribution is -2.32. The molecule has 0 amide bonds. The summed E-state index contributed by atoms with van der Waals surface area (Å²) in [4.78, 5) is 15.7. The first-order valence-electron chi connectivity index (χ1n) is 6.56. The molecule has 0 aliphatic carbocycles. The minimum atomic E-state index is -0.853. The second kappa shape index (κ2) is 5.44. The largest absolute Gasteiger partial charge is 0.481 e. The summed E-state index contributed by atoms with van der Waals surface area (Å²) in [5, 5.41) is 17.4. The molecule has 0 aliphatic rings. The molecule has 2 rings (SSSR count). The highest BCUT2D eigenvalue weighted by Gasteiger charge is 2.37. The molecule has 2 aromatic heterocycles. The molecule has 0 saturated heterocycles. The van der Waals surface area contributed by atoms with E-state index in [2.05, 4.69) is 15.2 Å². The SMILES string of the molecule is CCC(CC)(Cc1nc(-c2ccn(C)n2)no1)C(=O)O. The maximum absolute atomic E-state index is 11.5. The van der Waals surface area contributed by atoms with Crippen molar-refractivity contribution in [2.24, 2.45) is 12.5 Å². The van der Waals surface area contributed by atoms with E-state index in [-0.39, 0.29) is 6.42 Å². The maximum Gasteiger partial charge on any atom is 0.310 e. The Bertz CT molecular complexity index is 598. The molecule has 7 nitrogen and oxygen atoms in total. The molecule has 0 bridgehead atoms. The minimum absolute atomic E-state index is 0.231. The predicted molar refractivity (Wildman–Crippen MR) is 70.9 cm³/mol. The summed E-state index contributed by atoms with van der Waals surface area (Å²) in [7, 11) is 1.80. The summed E-state index contributed by atoms with van der Waals surface area (Å²) in [5.41, 5.74) is -0.245. The molecule has 0 radical (unpaired) electrons. The highest BCUT2D eigenvalue weighted by Crippen LogP contribution is 2.31. The van der Waals surface area contributed by atoms with Crippen LogP contribution in [0.4, 0.5) is 0 Å². The number of hydrogen-bond acceptors (Lipinski definition) is 5. The fourth-order valence-corrected chi connectivity index (χ4v) is 2.13. The van der Waals surface area contributed by atoms with Crippen molar-refractivity contribution < 1.29 is 14.4 Å². The Morgan fingerprint density at radius 3 is 2.65 bits per heavy atom. The fourth-order valence-electron chi connectivity index (χ4n) is 2.13. The van der Waals surface area contributed by atoms with E-state index in [1.54, 1.807) is 24.0 Å². The van der Waals surface area contributed by atoms with E-state index in [0.717, 1.165) is 0 Å². The van der Waals surface area contributed by atoms with Gasteiger partial charge in [-0.25, -0.2) is 0 Å². The van der Waals surface area contributed by atoms with Crippen LogP contribution in [-0.2, 0) is 18.3 Å². The van der Waals surface area contributed by atoms with Gasteiger partial charge in [0, 0.05) is 19.7 Å². The van der Waals surface area contributed by atoms with Crippen LogP contribution < -0.4 is 0 Å². The molecule has 0 atom stereocenters. The Morgan fingerprint density at radius 2 is 2.15 bits per heavy atom. The van der Waals surface area contributed by atoms with Crippen molar-refractivity contribution in [3.05, 3.63) is 18.2 Å². The lowest BCUT2D eigenvalue weighted by atomic mass is 9.79. The van der Waals surface area contributed by atoms with E-state index in [4.69, 9.17) is 4.52 Å². The Kier molecular flexibility index (Phi) is 3.87. The average molecular weight is 278 g/mol. The van der Waals surface area contributed by atoms with Gasteiger partial charge in [-0.15, -0.1) is 0 Å². The third-order valence-electron chi connectivity index (χ3n) is 3.71. The Morgan fingerprint density at radius 1 is 1.45 bits per heavy atom. The minimum Gasteiger partial charge on any atom is -0.481 e. The topological polar surface area (TPSA) is 94.0 Å². The van der Waals surface area contributed by atoms with Crippen molar-refractivity contribution in [2.75, 3.05) is 0 Å². The van der Waals surface area contributed by atoms with Gasteiger partial charge in [0.05, 0.1) is 5.41 Å². The van der Waals surface area contributed by atoms with Crippen LogP contribution in [0.1, 0.15) is 32.6 Å². The monoisotopic (exact) mass is 278 g/mol. The van der Waals surface area contributed by atoms with Gasteiger partial charge in [0.2, 0.25) is 11.7 Å². The van der Waals surface area contributed by atoms with Gasteiger partial charge in [-0.2, -0.15) is 10.1 Å². The molecule has 2 aromatic rings. The molecule has 108 valence electrons. The zero-order valence-corrected chi connectivity index (χ0v) is 11.8. The molecular weight excluding hydrogens is 260 g/mol. The fraction of sp³-hybridized carbons (Fsp3) is 0.538. The van der Waals surface area contributed by atoms with Gasteiger partial charge in [0.1, 0.15) is 5.69 Å². The third-order valence-corrected chi connectivity index (χ3v) is 3.71. The van der Waals surface area contributed by atoms with Gasteiger partial charge in [-0.05, 0) is 18.9 Å². The van der Waals surface area contributed by atoms with E-state index >= 15 is 0 Å². The first-order chi connectivity index (χ1) is 9.50. The van der Waals surface area contributed by atoms with Gasteiger partial charge in [-0.3, -0.25) is 9.48 Å². The number of carboxylic acid groups (broad SMARTS) is 1. The maximum atomic E-state index is 11.5. The lowest BCUT2D eigenvalue weighted by molar-refractivity contribution is -0.149. The van der Waals surface area contributed by atoms with E-state index in [1.807, 2.05) is 13.8 Å². The molecule has 0 spiro atoms. The number of carboxylic acids is 1. The highest BCUT2D eigenvalue weighted by atomic mass is 16.5. The van der Waals surface area contributed by atoms with E-state index < -0.39 is 11.4 Å². The Labute approximate surface area is 116 Å². The van der Waals surface area contributed by atoms with Crippen LogP contribution >= 0.6 is 0 Å². The normalized spacial score (nSPS) is 11.8. The predicted octanol–water partition coefficient (Wildman–Crippen LogP) is 1.90. The van der Waals surface area contributed by atoms with Gasteiger partial charge in [-0.1, -0.05) is 19.0 Å². The van der Waals surface area contributed by atoms with Gasteiger partial charge < -0.3 is 9.63 Å². The van der Waals surface area contributed by atoms with Crippen LogP contribution in [0.2, 0.25) is 0 Å². The van der Waals surface area contributed by atoms with E-state index in [0.29, 0.717) is 30.3 Å². The molecule has 0 aromatic carbocycles. The summed E-state index contributed by atoms with van der Waals surface area (Å²) < 4.78 is 6.81. The molecule has 1 N–H and O–H groups in total. The Hall–Kier alpha value is -2.18. The molecule has 0 saturated carbocycles. The quantitative estimate of drug-likeness (QED) is 0.867. The van der Waals surface area contributed by atoms with Crippen molar-refractivity contribution in [2.45, 2.75) is 33.1 Å². The number of carbonyl (C=O) groups is 1. The van der Waals surface area contributed by atoms with Gasteiger partial charge in [0.15, 0.2) is 0 Å². The molecule has 0 fully saturated rings. The highest BCUT2D eigenvalue weighted by molar-refractivity contribution is 5.74. The second-order valence-electron chi connectivity index (χ2n) is 4.86. The number of hydrogen-bond donors (Lipinski definition) is 1. The smallest absolute Gasteiger partial charge is 0.310 e. The van der Waals surface area contributed by atoms with Crippen LogP contribution in [0.15, 0.2) is 16.8 Å². The third kappa shape index (κ3) is 2.56. The summed E-state index contributed by atoms with van der Waals surface area (Å²) >= 11 is 0. The first kappa shape index (κ1) is 14.2. The number of aliphatic carboxylic acids is 1. The van der Waals surface area contributed by atoms with Crippen molar-refractivity contribution in [3.63, 3.8) is 0 Å². The van der Waals surface area contributed by atoms with Crippen molar-refractivity contribution in [1.29, 1.82) is 0 Å². The van der Waals surface area contributed by atoms with Crippen molar-refractivity contribution in [1.82, 2.24) is 19.9 Å². The van der Waals surface area contributed by atoms with E-state index in [9.17, 15) is 9.90 Å². The standard InChI is InChI=1S/C13H18N4O3/c1-4-13(5-2,12(18)19)8-10-14-11(16-20-10)9-6-7-17(3)15-9/h6-7H,4-5,8H2,1-3H3,(H,18,19). The molecular formula is C13H18N4O3. The second-order valence-corrected chi connectivity index (χ2v) is 4.86. The van der Waals surface area contributed by atoms with Crippen molar-refractivity contribution in [3.8, 4) is 11.5 Å². The number of rotatable bonds is 6. The summed E-state index contributed by atoms with van der Waals surface area (Å²) in [6.07, 6.45) is 3.04. The Balaban J connectivity index is 2.23. The number of aryl methyl sites for hydroxylation is 1. The molecule has 7 heteroatoms. The molecule has 20 heavy (non-hydrogen) atoms.